The van der Waals surface area contributed by atoms with E-state index < -0.39 is 0 Å². The summed E-state index contributed by atoms with van der Waals surface area (Å²) in [4.78, 5) is 4.38. The van der Waals surface area contributed by atoms with E-state index in [9.17, 15) is 10.2 Å². The predicted octanol–water partition coefficient (Wildman–Crippen LogP) is 2.80. The Bertz CT molecular complexity index is 635. The first kappa shape index (κ1) is 8.97. The minimum absolute atomic E-state index is 0.176. The summed E-state index contributed by atoms with van der Waals surface area (Å²) in [6, 6.07) is 12.1. The number of phenolic OH excluding ortho intramolecular Hbond substituents is 2. The van der Waals surface area contributed by atoms with Gasteiger partial charge in [0, 0.05) is 10.8 Å². The lowest BCUT2D eigenvalue weighted by atomic mass is 10.1. The van der Waals surface area contributed by atoms with E-state index >= 15 is 0 Å². The molecule has 0 amide bonds. The molecular formula is C13H9NO2. The lowest BCUT2D eigenvalue weighted by Gasteiger charge is -2.04. The fourth-order valence-electron chi connectivity index (χ4n) is 1.85. The van der Waals surface area contributed by atoms with Gasteiger partial charge in [-0.05, 0) is 30.3 Å². The second-order valence-corrected chi connectivity index (χ2v) is 3.68. The number of rotatable bonds is 0. The van der Waals surface area contributed by atoms with Crippen molar-refractivity contribution in [3.63, 3.8) is 0 Å². The Hall–Kier alpha value is -2.29. The molecule has 0 saturated heterocycles. The van der Waals surface area contributed by atoms with Crippen molar-refractivity contribution in [1.29, 1.82) is 0 Å². The summed E-state index contributed by atoms with van der Waals surface area (Å²) in [6.07, 6.45) is 0. The van der Waals surface area contributed by atoms with Crippen molar-refractivity contribution in [2.75, 3.05) is 0 Å². The third kappa shape index (κ3) is 1.18. The average molecular weight is 211 g/mol. The number of hydrogen-bond acceptors (Lipinski definition) is 3. The lowest BCUT2D eigenvalue weighted by molar-refractivity contribution is 0.480. The molecule has 3 nitrogen and oxygen atoms in total. The van der Waals surface area contributed by atoms with Gasteiger partial charge in [0.1, 0.15) is 11.5 Å². The van der Waals surface area contributed by atoms with Gasteiger partial charge < -0.3 is 10.2 Å². The summed E-state index contributed by atoms with van der Waals surface area (Å²) in [5.74, 6) is 0.352. The highest BCUT2D eigenvalue weighted by Gasteiger charge is 2.05. The molecule has 1 heterocycles. The first-order valence-electron chi connectivity index (χ1n) is 4.96. The van der Waals surface area contributed by atoms with E-state index in [1.807, 2.05) is 12.1 Å². The van der Waals surface area contributed by atoms with Crippen LogP contribution in [0.1, 0.15) is 0 Å². The number of hydrogen-bond donors (Lipinski definition) is 2. The first-order chi connectivity index (χ1) is 7.75. The molecule has 2 aromatic carbocycles. The molecule has 3 rings (SSSR count). The number of benzene rings is 2. The summed E-state index contributed by atoms with van der Waals surface area (Å²) in [6.45, 7) is 0. The molecule has 3 heteroatoms. The van der Waals surface area contributed by atoms with Crippen LogP contribution in [-0.4, -0.2) is 15.2 Å². The average Bonchev–Trinajstić information content (AvgIpc) is 2.28. The van der Waals surface area contributed by atoms with E-state index in [0.29, 0.717) is 10.8 Å². The van der Waals surface area contributed by atoms with E-state index in [1.165, 1.54) is 0 Å². The normalized spacial score (nSPS) is 11.0. The standard InChI is InChI=1S/C13H9NO2/c15-12-5-1-3-10-8(12)7-9-11(14-10)4-2-6-13(9)16/h1-7,15-16H. The molecule has 2 N–H and O–H groups in total. The lowest BCUT2D eigenvalue weighted by Crippen LogP contribution is -1.83. The van der Waals surface area contributed by atoms with Crippen LogP contribution in [0.5, 0.6) is 11.5 Å². The maximum absolute atomic E-state index is 9.70. The van der Waals surface area contributed by atoms with Crippen LogP contribution >= 0.6 is 0 Å². The molecule has 0 spiro atoms. The molecule has 0 atom stereocenters. The van der Waals surface area contributed by atoms with Gasteiger partial charge in [0.2, 0.25) is 0 Å². The van der Waals surface area contributed by atoms with Crippen molar-refractivity contribution < 1.29 is 10.2 Å². The molecule has 0 bridgehead atoms. The zero-order valence-electron chi connectivity index (χ0n) is 8.38. The van der Waals surface area contributed by atoms with Crippen molar-refractivity contribution in [2.24, 2.45) is 0 Å². The van der Waals surface area contributed by atoms with Gasteiger partial charge in [-0.25, -0.2) is 4.98 Å². The van der Waals surface area contributed by atoms with Crippen molar-refractivity contribution in [3.8, 4) is 11.5 Å². The first-order valence-corrected chi connectivity index (χ1v) is 4.96. The molecular weight excluding hydrogens is 202 g/mol. The molecule has 0 radical (unpaired) electrons. The molecule has 0 unspecified atom stereocenters. The highest BCUT2D eigenvalue weighted by Crippen LogP contribution is 2.30. The highest BCUT2D eigenvalue weighted by molar-refractivity contribution is 5.98. The topological polar surface area (TPSA) is 53.4 Å². The molecule has 0 aliphatic carbocycles. The van der Waals surface area contributed by atoms with Crippen LogP contribution < -0.4 is 0 Å². The van der Waals surface area contributed by atoms with Crippen LogP contribution in [0.4, 0.5) is 0 Å². The Kier molecular flexibility index (Phi) is 1.74. The molecule has 0 fully saturated rings. The van der Waals surface area contributed by atoms with Crippen molar-refractivity contribution in [3.05, 3.63) is 42.5 Å². The SMILES string of the molecule is Oc1cccc2nc3cccc(O)c3cc12. The van der Waals surface area contributed by atoms with Crippen molar-refractivity contribution in [1.82, 2.24) is 4.98 Å². The molecule has 0 aliphatic rings. The Balaban J connectivity index is 2.55. The van der Waals surface area contributed by atoms with Gasteiger partial charge in [-0.1, -0.05) is 12.1 Å². The summed E-state index contributed by atoms with van der Waals surface area (Å²) in [5.41, 5.74) is 1.44. The van der Waals surface area contributed by atoms with E-state index in [0.717, 1.165) is 11.0 Å². The van der Waals surface area contributed by atoms with E-state index in [2.05, 4.69) is 4.98 Å². The molecule has 1 aromatic heterocycles. The van der Waals surface area contributed by atoms with Gasteiger partial charge in [-0.3, -0.25) is 0 Å². The van der Waals surface area contributed by atoms with Gasteiger partial charge >= 0.3 is 0 Å². The molecule has 0 aliphatic heterocycles. The maximum atomic E-state index is 9.70. The van der Waals surface area contributed by atoms with Crippen LogP contribution in [0, 0.1) is 0 Å². The zero-order chi connectivity index (χ0) is 11.1. The molecule has 0 saturated carbocycles. The second-order valence-electron chi connectivity index (χ2n) is 3.68. The van der Waals surface area contributed by atoms with E-state index in [1.54, 1.807) is 30.3 Å². The zero-order valence-corrected chi connectivity index (χ0v) is 8.38. The van der Waals surface area contributed by atoms with Crippen LogP contribution in [-0.2, 0) is 0 Å². The number of nitrogens with zero attached hydrogens (tertiary/aromatic N) is 1. The monoisotopic (exact) mass is 211 g/mol. The second kappa shape index (κ2) is 3.10. The maximum Gasteiger partial charge on any atom is 0.124 e. The van der Waals surface area contributed by atoms with Gasteiger partial charge in [-0.15, -0.1) is 0 Å². The molecule has 16 heavy (non-hydrogen) atoms. The Morgan fingerprint density at radius 1 is 0.750 bits per heavy atom. The number of fused-ring (bicyclic) bond motifs is 2. The number of aromatic hydroxyl groups is 2. The third-order valence-corrected chi connectivity index (χ3v) is 2.65. The number of phenols is 2. The minimum Gasteiger partial charge on any atom is -0.507 e. The fourth-order valence-corrected chi connectivity index (χ4v) is 1.85. The van der Waals surface area contributed by atoms with Gasteiger partial charge in [0.15, 0.2) is 0 Å². The highest BCUT2D eigenvalue weighted by atomic mass is 16.3. The van der Waals surface area contributed by atoms with Crippen LogP contribution in [0.3, 0.4) is 0 Å². The fraction of sp³-hybridized carbons (Fsp3) is 0. The van der Waals surface area contributed by atoms with Gasteiger partial charge in [0.05, 0.1) is 11.0 Å². The summed E-state index contributed by atoms with van der Waals surface area (Å²) in [7, 11) is 0. The van der Waals surface area contributed by atoms with Crippen molar-refractivity contribution >= 4 is 21.8 Å². The van der Waals surface area contributed by atoms with E-state index in [-0.39, 0.29) is 11.5 Å². The Morgan fingerprint density at radius 2 is 1.25 bits per heavy atom. The Labute approximate surface area is 91.6 Å². The van der Waals surface area contributed by atoms with Crippen LogP contribution in [0.15, 0.2) is 42.5 Å². The van der Waals surface area contributed by atoms with Crippen molar-refractivity contribution in [2.45, 2.75) is 0 Å². The van der Waals surface area contributed by atoms with Gasteiger partial charge in [0.25, 0.3) is 0 Å². The molecule has 78 valence electrons. The van der Waals surface area contributed by atoms with Gasteiger partial charge in [-0.2, -0.15) is 0 Å². The largest absolute Gasteiger partial charge is 0.507 e. The van der Waals surface area contributed by atoms with E-state index in [4.69, 9.17) is 0 Å². The summed E-state index contributed by atoms with van der Waals surface area (Å²) < 4.78 is 0. The quantitative estimate of drug-likeness (QED) is 0.562. The van der Waals surface area contributed by atoms with Crippen LogP contribution in [0.25, 0.3) is 21.8 Å². The van der Waals surface area contributed by atoms with Crippen LogP contribution in [0.2, 0.25) is 0 Å². The Morgan fingerprint density at radius 3 is 1.75 bits per heavy atom. The number of pyridine rings is 1. The molecule has 3 aromatic rings. The third-order valence-electron chi connectivity index (χ3n) is 2.65. The predicted molar refractivity (Wildman–Crippen MR) is 62.6 cm³/mol. The minimum atomic E-state index is 0.176. The smallest absolute Gasteiger partial charge is 0.124 e. The summed E-state index contributed by atoms with van der Waals surface area (Å²) in [5, 5.41) is 20.7. The number of aromatic nitrogens is 1. The summed E-state index contributed by atoms with van der Waals surface area (Å²) >= 11 is 0.